The van der Waals surface area contributed by atoms with Crippen molar-refractivity contribution in [3.63, 3.8) is 0 Å². The molecular formula is C13H15N3O4S. The lowest BCUT2D eigenvalue weighted by Crippen LogP contribution is -2.17. The highest BCUT2D eigenvalue weighted by Crippen LogP contribution is 2.26. The van der Waals surface area contributed by atoms with Gasteiger partial charge in [-0.15, -0.1) is 10.2 Å². The number of hydrogen-bond donors (Lipinski definition) is 1. The fraction of sp³-hybridized carbons (Fsp3) is 0.462. The Balaban J connectivity index is 1.86. The molecule has 2 aromatic rings. The van der Waals surface area contributed by atoms with E-state index in [1.54, 1.807) is 12.3 Å². The third-order valence-corrected chi connectivity index (χ3v) is 4.14. The van der Waals surface area contributed by atoms with Gasteiger partial charge in [0.05, 0.1) is 24.7 Å². The van der Waals surface area contributed by atoms with Gasteiger partial charge in [0, 0.05) is 6.61 Å². The van der Waals surface area contributed by atoms with Gasteiger partial charge in [0.15, 0.2) is 10.9 Å². The van der Waals surface area contributed by atoms with Gasteiger partial charge in [0.25, 0.3) is 0 Å². The zero-order chi connectivity index (χ0) is 14.7. The second-order valence-electron chi connectivity index (χ2n) is 4.71. The minimum Gasteiger partial charge on any atom is -0.481 e. The minimum atomic E-state index is -0.883. The zero-order valence-electron chi connectivity index (χ0n) is 11.3. The molecule has 7 nitrogen and oxygen atoms in total. The summed E-state index contributed by atoms with van der Waals surface area (Å²) in [6, 6.07) is 3.59. The Morgan fingerprint density at radius 3 is 3.10 bits per heavy atom. The Hall–Kier alpha value is -1.80. The lowest BCUT2D eigenvalue weighted by molar-refractivity contribution is -0.133. The van der Waals surface area contributed by atoms with Crippen LogP contribution in [0.4, 0.5) is 0 Å². The van der Waals surface area contributed by atoms with E-state index in [-0.39, 0.29) is 11.9 Å². The molecule has 1 atom stereocenters. The Kier molecular flexibility index (Phi) is 4.26. The van der Waals surface area contributed by atoms with Crippen LogP contribution in [0.25, 0.3) is 11.6 Å². The molecule has 1 N–H and O–H groups in total. The molecule has 3 heterocycles. The molecule has 0 spiro atoms. The summed E-state index contributed by atoms with van der Waals surface area (Å²) >= 11 is 1.15. The van der Waals surface area contributed by atoms with Crippen molar-refractivity contribution < 1.29 is 19.1 Å². The maximum absolute atomic E-state index is 10.7. The second kappa shape index (κ2) is 6.31. The summed E-state index contributed by atoms with van der Waals surface area (Å²) in [7, 11) is 0. The number of hydrogen-bond acceptors (Lipinski definition) is 6. The number of aliphatic carboxylic acids is 1. The summed E-state index contributed by atoms with van der Waals surface area (Å²) in [5, 5.41) is 17.6. The van der Waals surface area contributed by atoms with Gasteiger partial charge in [0.1, 0.15) is 0 Å². The molecule has 3 rings (SSSR count). The van der Waals surface area contributed by atoms with Gasteiger partial charge < -0.3 is 14.3 Å². The predicted octanol–water partition coefficient (Wildman–Crippen LogP) is 1.89. The second-order valence-corrected chi connectivity index (χ2v) is 5.65. The zero-order valence-corrected chi connectivity index (χ0v) is 12.1. The molecule has 8 heteroatoms. The average Bonchev–Trinajstić information content (AvgIpc) is 3.18. The number of rotatable bonds is 6. The Labute approximate surface area is 125 Å². The third-order valence-electron chi connectivity index (χ3n) is 3.19. The molecule has 1 aliphatic rings. The van der Waals surface area contributed by atoms with E-state index in [2.05, 4.69) is 10.2 Å². The van der Waals surface area contributed by atoms with Crippen LogP contribution in [-0.4, -0.2) is 44.3 Å². The summed E-state index contributed by atoms with van der Waals surface area (Å²) in [6.07, 6.45) is 3.71. The van der Waals surface area contributed by atoms with Crippen molar-refractivity contribution in [2.24, 2.45) is 0 Å². The summed E-state index contributed by atoms with van der Waals surface area (Å²) < 4.78 is 12.9. The molecular weight excluding hydrogens is 294 g/mol. The summed E-state index contributed by atoms with van der Waals surface area (Å²) in [6.45, 7) is 1.37. The van der Waals surface area contributed by atoms with Gasteiger partial charge in [-0.3, -0.25) is 9.36 Å². The van der Waals surface area contributed by atoms with Crippen molar-refractivity contribution in [2.75, 3.05) is 12.4 Å². The summed E-state index contributed by atoms with van der Waals surface area (Å²) in [4.78, 5) is 10.7. The summed E-state index contributed by atoms with van der Waals surface area (Å²) in [5.74, 6) is 0.277. The SMILES string of the molecule is O=C(O)CSc1nnc(-c2ccco2)n1CC1CCCO1. The molecule has 1 fully saturated rings. The average molecular weight is 309 g/mol. The van der Waals surface area contributed by atoms with Crippen molar-refractivity contribution in [3.05, 3.63) is 18.4 Å². The van der Waals surface area contributed by atoms with Crippen LogP contribution in [0.1, 0.15) is 12.8 Å². The molecule has 0 radical (unpaired) electrons. The quantitative estimate of drug-likeness (QED) is 0.815. The van der Waals surface area contributed by atoms with Crippen LogP contribution in [0.15, 0.2) is 28.0 Å². The van der Waals surface area contributed by atoms with E-state index in [1.807, 2.05) is 10.6 Å². The van der Waals surface area contributed by atoms with Crippen LogP contribution < -0.4 is 0 Å². The molecule has 1 saturated heterocycles. The van der Waals surface area contributed by atoms with Gasteiger partial charge in [-0.1, -0.05) is 11.8 Å². The number of nitrogens with zero attached hydrogens (tertiary/aromatic N) is 3. The van der Waals surface area contributed by atoms with Gasteiger partial charge in [-0.2, -0.15) is 0 Å². The van der Waals surface area contributed by atoms with Gasteiger partial charge in [0.2, 0.25) is 5.82 Å². The molecule has 1 unspecified atom stereocenters. The monoisotopic (exact) mass is 309 g/mol. The van der Waals surface area contributed by atoms with E-state index in [1.165, 1.54) is 0 Å². The lowest BCUT2D eigenvalue weighted by Gasteiger charge is -2.13. The molecule has 0 aromatic carbocycles. The molecule has 21 heavy (non-hydrogen) atoms. The first kappa shape index (κ1) is 14.2. The number of carbonyl (C=O) groups is 1. The van der Waals surface area contributed by atoms with E-state index in [9.17, 15) is 4.79 Å². The van der Waals surface area contributed by atoms with Gasteiger partial charge in [-0.25, -0.2) is 0 Å². The number of aromatic nitrogens is 3. The van der Waals surface area contributed by atoms with E-state index in [0.717, 1.165) is 31.2 Å². The van der Waals surface area contributed by atoms with E-state index >= 15 is 0 Å². The molecule has 0 saturated carbocycles. The number of furan rings is 1. The number of thioether (sulfide) groups is 1. The first-order valence-corrected chi connectivity index (χ1v) is 7.66. The van der Waals surface area contributed by atoms with Crippen LogP contribution in [0.5, 0.6) is 0 Å². The maximum Gasteiger partial charge on any atom is 0.313 e. The first-order valence-electron chi connectivity index (χ1n) is 6.67. The smallest absolute Gasteiger partial charge is 0.313 e. The number of carboxylic acid groups (broad SMARTS) is 1. The number of ether oxygens (including phenoxy) is 1. The molecule has 2 aromatic heterocycles. The van der Waals surface area contributed by atoms with Crippen molar-refractivity contribution >= 4 is 17.7 Å². The third kappa shape index (κ3) is 3.27. The fourth-order valence-electron chi connectivity index (χ4n) is 2.27. The maximum atomic E-state index is 10.7. The van der Waals surface area contributed by atoms with Crippen LogP contribution >= 0.6 is 11.8 Å². The Morgan fingerprint density at radius 1 is 1.52 bits per heavy atom. The van der Waals surface area contributed by atoms with Crippen molar-refractivity contribution in [3.8, 4) is 11.6 Å². The van der Waals surface area contributed by atoms with Gasteiger partial charge in [-0.05, 0) is 25.0 Å². The standard InChI is InChI=1S/C13H15N3O4S/c17-11(18)8-21-13-15-14-12(10-4-2-6-20-10)16(13)7-9-3-1-5-19-9/h2,4,6,9H,1,3,5,7-8H2,(H,17,18). The minimum absolute atomic E-state index is 0.0538. The fourth-order valence-corrected chi connectivity index (χ4v) is 2.93. The van der Waals surface area contributed by atoms with Crippen LogP contribution in [0, 0.1) is 0 Å². The number of carboxylic acids is 1. The highest BCUT2D eigenvalue weighted by Gasteiger charge is 2.23. The van der Waals surface area contributed by atoms with Crippen LogP contribution in [0.3, 0.4) is 0 Å². The lowest BCUT2D eigenvalue weighted by atomic mass is 10.2. The normalized spacial score (nSPS) is 18.2. The summed E-state index contributed by atoms with van der Waals surface area (Å²) in [5.41, 5.74) is 0. The first-order chi connectivity index (χ1) is 10.2. The van der Waals surface area contributed by atoms with Crippen LogP contribution in [0.2, 0.25) is 0 Å². The predicted molar refractivity (Wildman–Crippen MR) is 75.1 cm³/mol. The Bertz CT molecular complexity index is 605. The molecule has 1 aliphatic heterocycles. The van der Waals surface area contributed by atoms with Crippen molar-refractivity contribution in [1.29, 1.82) is 0 Å². The van der Waals surface area contributed by atoms with Crippen LogP contribution in [-0.2, 0) is 16.1 Å². The van der Waals surface area contributed by atoms with Crippen molar-refractivity contribution in [1.82, 2.24) is 14.8 Å². The molecule has 0 aliphatic carbocycles. The molecule has 0 amide bonds. The molecule has 0 bridgehead atoms. The largest absolute Gasteiger partial charge is 0.481 e. The highest BCUT2D eigenvalue weighted by molar-refractivity contribution is 7.99. The molecule has 112 valence electrons. The van der Waals surface area contributed by atoms with E-state index < -0.39 is 5.97 Å². The van der Waals surface area contributed by atoms with E-state index in [4.69, 9.17) is 14.3 Å². The van der Waals surface area contributed by atoms with Gasteiger partial charge >= 0.3 is 5.97 Å². The Morgan fingerprint density at radius 2 is 2.43 bits per heavy atom. The highest BCUT2D eigenvalue weighted by atomic mass is 32.2. The van der Waals surface area contributed by atoms with Crippen molar-refractivity contribution in [2.45, 2.75) is 30.6 Å². The van der Waals surface area contributed by atoms with E-state index in [0.29, 0.717) is 23.3 Å². The topological polar surface area (TPSA) is 90.4 Å².